The zero-order chi connectivity index (χ0) is 11.9. The lowest BCUT2D eigenvalue weighted by atomic mass is 9.97. The lowest BCUT2D eigenvalue weighted by molar-refractivity contribution is 0.103. The second-order valence-corrected chi connectivity index (χ2v) is 4.76. The lowest BCUT2D eigenvalue weighted by Crippen LogP contribution is -2.30. The summed E-state index contributed by atoms with van der Waals surface area (Å²) in [5, 5.41) is 7.67. The van der Waals surface area contributed by atoms with Crippen molar-refractivity contribution < 1.29 is 4.74 Å². The van der Waals surface area contributed by atoms with Gasteiger partial charge in [0.25, 0.3) is 0 Å². The van der Waals surface area contributed by atoms with Crippen LogP contribution in [0.3, 0.4) is 0 Å². The van der Waals surface area contributed by atoms with Crippen LogP contribution in [0.25, 0.3) is 0 Å². The summed E-state index contributed by atoms with van der Waals surface area (Å²) in [7, 11) is 0. The van der Waals surface area contributed by atoms with E-state index in [0.717, 1.165) is 25.6 Å². The van der Waals surface area contributed by atoms with Crippen molar-refractivity contribution in [1.82, 2.24) is 15.1 Å². The number of rotatable bonds is 6. The van der Waals surface area contributed by atoms with Crippen molar-refractivity contribution in [2.75, 3.05) is 19.7 Å². The van der Waals surface area contributed by atoms with Gasteiger partial charge in [-0.15, -0.1) is 0 Å². The number of ether oxygens (including phenoxy) is 1. The molecule has 1 aromatic rings. The molecule has 17 heavy (non-hydrogen) atoms. The Hall–Kier alpha value is -0.870. The highest BCUT2D eigenvalue weighted by Gasteiger charge is 2.12. The highest BCUT2D eigenvalue weighted by atomic mass is 16.5. The topological polar surface area (TPSA) is 39.1 Å². The van der Waals surface area contributed by atoms with Crippen LogP contribution in [0.5, 0.6) is 0 Å². The van der Waals surface area contributed by atoms with Gasteiger partial charge in [-0.25, -0.2) is 0 Å². The Morgan fingerprint density at radius 3 is 3.24 bits per heavy atom. The van der Waals surface area contributed by atoms with Gasteiger partial charge in [0.05, 0.1) is 12.8 Å². The third-order valence-electron chi connectivity index (χ3n) is 3.35. The van der Waals surface area contributed by atoms with Gasteiger partial charge in [0.2, 0.25) is 0 Å². The van der Waals surface area contributed by atoms with Crippen molar-refractivity contribution in [3.63, 3.8) is 0 Å². The second kappa shape index (κ2) is 6.77. The molecule has 1 fully saturated rings. The molecule has 2 heterocycles. The quantitative estimate of drug-likeness (QED) is 0.767. The summed E-state index contributed by atoms with van der Waals surface area (Å²) in [5.41, 5.74) is 1.17. The third-order valence-corrected chi connectivity index (χ3v) is 3.35. The number of aryl methyl sites for hydroxylation is 1. The van der Waals surface area contributed by atoms with Gasteiger partial charge < -0.3 is 10.1 Å². The van der Waals surface area contributed by atoms with Gasteiger partial charge >= 0.3 is 0 Å². The summed E-state index contributed by atoms with van der Waals surface area (Å²) in [6, 6.07) is 0. The second-order valence-electron chi connectivity index (χ2n) is 4.76. The maximum absolute atomic E-state index is 5.70. The number of hydrogen-bond donors (Lipinski definition) is 1. The Bertz CT molecular complexity index is 318. The van der Waals surface area contributed by atoms with Gasteiger partial charge in [0, 0.05) is 24.9 Å². The van der Waals surface area contributed by atoms with Crippen molar-refractivity contribution in [3.05, 3.63) is 18.0 Å². The molecule has 2 rings (SSSR count). The van der Waals surface area contributed by atoms with Gasteiger partial charge in [0.15, 0.2) is 0 Å². The van der Waals surface area contributed by atoms with E-state index in [1.165, 1.54) is 31.4 Å². The van der Waals surface area contributed by atoms with Gasteiger partial charge in [0.1, 0.15) is 0 Å². The first-order chi connectivity index (χ1) is 8.38. The number of piperidine rings is 1. The fraction of sp³-hybridized carbons (Fsp3) is 0.769. The van der Waals surface area contributed by atoms with Crippen LogP contribution in [0.15, 0.2) is 12.4 Å². The minimum atomic E-state index is 0.695. The Balaban J connectivity index is 1.59. The first-order valence-corrected chi connectivity index (χ1v) is 6.68. The van der Waals surface area contributed by atoms with Crippen LogP contribution in [-0.2, 0) is 17.9 Å². The molecule has 1 unspecified atom stereocenters. The predicted molar refractivity (Wildman–Crippen MR) is 67.8 cm³/mol. The largest absolute Gasteiger partial charge is 0.377 e. The fourth-order valence-electron chi connectivity index (χ4n) is 2.26. The smallest absolute Gasteiger partial charge is 0.0747 e. The predicted octanol–water partition coefficient (Wildman–Crippen LogP) is 1.81. The summed E-state index contributed by atoms with van der Waals surface area (Å²) in [5.74, 6) is 0.808. The third kappa shape index (κ3) is 4.13. The zero-order valence-electron chi connectivity index (χ0n) is 10.7. The molecule has 0 saturated carbocycles. The van der Waals surface area contributed by atoms with E-state index >= 15 is 0 Å². The van der Waals surface area contributed by atoms with Gasteiger partial charge in [-0.05, 0) is 45.2 Å². The van der Waals surface area contributed by atoms with Crippen LogP contribution in [0.1, 0.15) is 31.7 Å². The van der Waals surface area contributed by atoms with Crippen LogP contribution in [-0.4, -0.2) is 29.5 Å². The van der Waals surface area contributed by atoms with Crippen LogP contribution in [0.2, 0.25) is 0 Å². The maximum atomic E-state index is 5.70. The normalized spacial score (nSPS) is 20.6. The molecule has 1 saturated heterocycles. The molecule has 0 aromatic carbocycles. The summed E-state index contributed by atoms with van der Waals surface area (Å²) in [6.45, 7) is 6.93. The van der Waals surface area contributed by atoms with E-state index in [9.17, 15) is 0 Å². The van der Waals surface area contributed by atoms with Crippen LogP contribution in [0, 0.1) is 5.92 Å². The van der Waals surface area contributed by atoms with Crippen molar-refractivity contribution in [1.29, 1.82) is 0 Å². The molecule has 1 aliphatic heterocycles. The fourth-order valence-corrected chi connectivity index (χ4v) is 2.26. The van der Waals surface area contributed by atoms with Gasteiger partial charge in [-0.1, -0.05) is 0 Å². The molecule has 1 aliphatic rings. The number of nitrogens with zero attached hydrogens (tertiary/aromatic N) is 2. The molecule has 0 spiro atoms. The number of hydrogen-bond acceptors (Lipinski definition) is 3. The van der Waals surface area contributed by atoms with E-state index in [2.05, 4.69) is 23.5 Å². The van der Waals surface area contributed by atoms with Crippen LogP contribution >= 0.6 is 0 Å². The van der Waals surface area contributed by atoms with E-state index in [4.69, 9.17) is 4.74 Å². The zero-order valence-corrected chi connectivity index (χ0v) is 10.7. The van der Waals surface area contributed by atoms with Crippen molar-refractivity contribution in [2.45, 2.75) is 39.3 Å². The highest BCUT2D eigenvalue weighted by Crippen LogP contribution is 2.14. The number of aromatic nitrogens is 2. The Kier molecular flexibility index (Phi) is 5.01. The van der Waals surface area contributed by atoms with E-state index in [1.54, 1.807) is 0 Å². The SMILES string of the molecule is CCn1cc(COCCC2CCCNC2)cn1. The molecule has 1 atom stereocenters. The Morgan fingerprint density at radius 2 is 2.53 bits per heavy atom. The van der Waals surface area contributed by atoms with E-state index in [0.29, 0.717) is 6.61 Å². The molecule has 0 amide bonds. The van der Waals surface area contributed by atoms with Gasteiger partial charge in [-0.2, -0.15) is 5.10 Å². The average molecular weight is 237 g/mol. The highest BCUT2D eigenvalue weighted by molar-refractivity contribution is 5.01. The molecule has 0 aliphatic carbocycles. The standard InChI is InChI=1S/C13H23N3O/c1-2-16-10-13(9-15-16)11-17-7-5-12-4-3-6-14-8-12/h9-10,12,14H,2-8,11H2,1H3. The Labute approximate surface area is 103 Å². The molecule has 1 N–H and O–H groups in total. The first-order valence-electron chi connectivity index (χ1n) is 6.68. The van der Waals surface area contributed by atoms with Crippen molar-refractivity contribution >= 4 is 0 Å². The maximum Gasteiger partial charge on any atom is 0.0747 e. The van der Waals surface area contributed by atoms with Crippen LogP contribution in [0.4, 0.5) is 0 Å². The van der Waals surface area contributed by atoms with Crippen molar-refractivity contribution in [2.24, 2.45) is 5.92 Å². The minimum Gasteiger partial charge on any atom is -0.377 e. The first kappa shape index (κ1) is 12.6. The molecular weight excluding hydrogens is 214 g/mol. The summed E-state index contributed by atoms with van der Waals surface area (Å²) in [6.07, 6.45) is 7.79. The van der Waals surface area contributed by atoms with E-state index in [-0.39, 0.29) is 0 Å². The molecule has 0 radical (unpaired) electrons. The Morgan fingerprint density at radius 1 is 1.59 bits per heavy atom. The van der Waals surface area contributed by atoms with E-state index in [1.807, 2.05) is 10.9 Å². The molecule has 0 bridgehead atoms. The molecular formula is C13H23N3O. The molecule has 96 valence electrons. The monoisotopic (exact) mass is 237 g/mol. The average Bonchev–Trinajstić information content (AvgIpc) is 2.84. The van der Waals surface area contributed by atoms with Crippen molar-refractivity contribution in [3.8, 4) is 0 Å². The molecule has 4 nitrogen and oxygen atoms in total. The summed E-state index contributed by atoms with van der Waals surface area (Å²) >= 11 is 0. The van der Waals surface area contributed by atoms with E-state index < -0.39 is 0 Å². The van der Waals surface area contributed by atoms with Gasteiger partial charge in [-0.3, -0.25) is 4.68 Å². The number of nitrogens with one attached hydrogen (secondary N) is 1. The van der Waals surface area contributed by atoms with Crippen LogP contribution < -0.4 is 5.32 Å². The molecule has 1 aromatic heterocycles. The summed E-state index contributed by atoms with van der Waals surface area (Å²) < 4.78 is 7.63. The molecule has 4 heteroatoms. The minimum absolute atomic E-state index is 0.695. The summed E-state index contributed by atoms with van der Waals surface area (Å²) in [4.78, 5) is 0. The lowest BCUT2D eigenvalue weighted by Gasteiger charge is -2.22.